The Morgan fingerprint density at radius 1 is 0.435 bits per heavy atom. The van der Waals surface area contributed by atoms with Gasteiger partial charge in [0.25, 0.3) is 0 Å². The predicted octanol–water partition coefficient (Wildman–Crippen LogP) is 5.44. The van der Waals surface area contributed by atoms with Gasteiger partial charge in [-0.25, -0.2) is 39.5 Å². The van der Waals surface area contributed by atoms with Gasteiger partial charge in [-0.2, -0.15) is 0 Å². The third kappa shape index (κ3) is 2.62. The van der Waals surface area contributed by atoms with E-state index in [0.29, 0.717) is 0 Å². The second-order valence-electron chi connectivity index (χ2n) is 4.01. The van der Waals surface area contributed by atoms with Crippen LogP contribution in [0.3, 0.4) is 0 Å². The van der Waals surface area contributed by atoms with Crippen LogP contribution in [0.1, 0.15) is 0 Å². The summed E-state index contributed by atoms with van der Waals surface area (Å²) in [7, 11) is 0. The Morgan fingerprint density at radius 2 is 0.696 bits per heavy atom. The van der Waals surface area contributed by atoms with Crippen molar-refractivity contribution < 1.29 is 39.5 Å². The second-order valence-corrected chi connectivity index (χ2v) is 4.81. The summed E-state index contributed by atoms with van der Waals surface area (Å²) in [6, 6.07) is 0. The number of nitrogens with one attached hydrogen (secondary N) is 1. The molecule has 2 rings (SSSR count). The molecule has 0 saturated carbocycles. The van der Waals surface area contributed by atoms with Crippen LogP contribution in [0.2, 0.25) is 0 Å². The highest BCUT2D eigenvalue weighted by molar-refractivity contribution is 9.10. The van der Waals surface area contributed by atoms with Crippen molar-refractivity contribution in [1.29, 1.82) is 0 Å². The van der Waals surface area contributed by atoms with Crippen molar-refractivity contribution in [3.05, 3.63) is 56.8 Å². The maximum Gasteiger partial charge on any atom is 0.200 e. The lowest BCUT2D eigenvalue weighted by Crippen LogP contribution is -2.10. The summed E-state index contributed by atoms with van der Waals surface area (Å²) in [5.74, 6) is -20.5. The molecular formula is C12HBrF9N. The summed E-state index contributed by atoms with van der Waals surface area (Å²) < 4.78 is 118. The quantitative estimate of drug-likeness (QED) is 0.395. The Kier molecular flexibility index (Phi) is 4.51. The van der Waals surface area contributed by atoms with E-state index in [0.717, 1.165) is 5.32 Å². The molecule has 0 fully saturated rings. The smallest absolute Gasteiger partial charge is 0.200 e. The zero-order valence-electron chi connectivity index (χ0n) is 10.3. The highest BCUT2D eigenvalue weighted by Gasteiger charge is 2.29. The van der Waals surface area contributed by atoms with E-state index in [9.17, 15) is 39.5 Å². The van der Waals surface area contributed by atoms with Gasteiger partial charge in [-0.05, 0) is 15.9 Å². The van der Waals surface area contributed by atoms with E-state index in [1.54, 1.807) is 0 Å². The summed E-state index contributed by atoms with van der Waals surface area (Å²) in [6.07, 6.45) is 0. The molecule has 1 nitrogen and oxygen atoms in total. The molecule has 0 aromatic heterocycles. The molecule has 0 unspecified atom stereocenters. The fourth-order valence-electron chi connectivity index (χ4n) is 1.55. The molecular weight excluding hydrogens is 409 g/mol. The number of rotatable bonds is 2. The molecule has 0 radical (unpaired) electrons. The van der Waals surface area contributed by atoms with Gasteiger partial charge in [-0.1, -0.05) is 0 Å². The van der Waals surface area contributed by atoms with Gasteiger partial charge >= 0.3 is 0 Å². The minimum absolute atomic E-state index is 1.15. The van der Waals surface area contributed by atoms with Gasteiger partial charge in [0.1, 0.15) is 11.4 Å². The number of halogens is 10. The maximum atomic E-state index is 13.6. The normalized spacial score (nSPS) is 11.0. The van der Waals surface area contributed by atoms with Crippen LogP contribution in [0, 0.1) is 52.4 Å². The molecule has 0 aliphatic rings. The van der Waals surface area contributed by atoms with Gasteiger partial charge in [-0.15, -0.1) is 0 Å². The first-order valence-corrected chi connectivity index (χ1v) is 6.18. The van der Waals surface area contributed by atoms with Gasteiger partial charge < -0.3 is 5.32 Å². The first-order valence-electron chi connectivity index (χ1n) is 5.39. The Labute approximate surface area is 129 Å². The van der Waals surface area contributed by atoms with Crippen molar-refractivity contribution in [3.63, 3.8) is 0 Å². The Bertz CT molecular complexity index is 696. The molecule has 0 atom stereocenters. The average Bonchev–Trinajstić information content (AvgIpc) is 2.54. The Hall–Kier alpha value is -1.91. The van der Waals surface area contributed by atoms with E-state index >= 15 is 0 Å². The maximum absolute atomic E-state index is 13.6. The lowest BCUT2D eigenvalue weighted by molar-refractivity contribution is 0.381. The fraction of sp³-hybridized carbons (Fsp3) is 0. The zero-order chi connectivity index (χ0) is 17.6. The Morgan fingerprint density at radius 3 is 1.04 bits per heavy atom. The van der Waals surface area contributed by atoms with Crippen LogP contribution in [-0.2, 0) is 0 Å². The molecule has 0 amide bonds. The van der Waals surface area contributed by atoms with Crippen molar-refractivity contribution in [1.82, 2.24) is 0 Å². The van der Waals surface area contributed by atoms with Crippen LogP contribution in [0.5, 0.6) is 0 Å². The number of hydrogen-bond acceptors (Lipinski definition) is 1. The van der Waals surface area contributed by atoms with Gasteiger partial charge in [0.05, 0.1) is 4.47 Å². The van der Waals surface area contributed by atoms with Crippen molar-refractivity contribution >= 4 is 27.3 Å². The SMILES string of the molecule is Fc1c(F)c(F)c(Nc2c(F)c(F)c(Br)c(F)c2F)c(F)c1F. The van der Waals surface area contributed by atoms with E-state index in [1.807, 2.05) is 0 Å². The first-order chi connectivity index (χ1) is 10.6. The van der Waals surface area contributed by atoms with Crippen molar-refractivity contribution in [3.8, 4) is 0 Å². The topological polar surface area (TPSA) is 12.0 Å². The van der Waals surface area contributed by atoms with Gasteiger partial charge in [0, 0.05) is 0 Å². The molecule has 1 N–H and O–H groups in total. The largest absolute Gasteiger partial charge is 0.346 e. The summed E-state index contributed by atoms with van der Waals surface area (Å²) in [5, 5.41) is 1.15. The average molecular weight is 410 g/mol. The van der Waals surface area contributed by atoms with Gasteiger partial charge in [0.2, 0.25) is 5.82 Å². The number of anilines is 2. The van der Waals surface area contributed by atoms with Crippen LogP contribution in [0.4, 0.5) is 50.9 Å². The van der Waals surface area contributed by atoms with E-state index in [4.69, 9.17) is 0 Å². The minimum Gasteiger partial charge on any atom is -0.346 e. The highest BCUT2D eigenvalue weighted by atomic mass is 79.9. The van der Waals surface area contributed by atoms with E-state index in [1.165, 1.54) is 0 Å². The van der Waals surface area contributed by atoms with Crippen molar-refractivity contribution in [2.24, 2.45) is 0 Å². The zero-order valence-corrected chi connectivity index (χ0v) is 11.9. The summed E-state index contributed by atoms with van der Waals surface area (Å²) >= 11 is 2.19. The minimum atomic E-state index is -2.51. The van der Waals surface area contributed by atoms with E-state index in [2.05, 4.69) is 15.9 Å². The van der Waals surface area contributed by atoms with Crippen molar-refractivity contribution in [2.75, 3.05) is 5.32 Å². The highest BCUT2D eigenvalue weighted by Crippen LogP contribution is 2.35. The second kappa shape index (κ2) is 5.95. The molecule has 2 aromatic carbocycles. The summed E-state index contributed by atoms with van der Waals surface area (Å²) in [4.78, 5) is 0. The molecule has 11 heteroatoms. The van der Waals surface area contributed by atoms with Crippen LogP contribution < -0.4 is 5.32 Å². The third-order valence-corrected chi connectivity index (χ3v) is 3.37. The van der Waals surface area contributed by atoms with Crippen LogP contribution in [0.15, 0.2) is 4.47 Å². The Balaban J connectivity index is 2.71. The monoisotopic (exact) mass is 409 g/mol. The van der Waals surface area contributed by atoms with Gasteiger partial charge in [-0.3, -0.25) is 0 Å². The molecule has 0 bridgehead atoms. The predicted molar refractivity (Wildman–Crippen MR) is 63.5 cm³/mol. The van der Waals surface area contributed by atoms with Crippen molar-refractivity contribution in [2.45, 2.75) is 0 Å². The van der Waals surface area contributed by atoms with E-state index in [-0.39, 0.29) is 0 Å². The molecule has 124 valence electrons. The molecule has 0 saturated heterocycles. The van der Waals surface area contributed by atoms with Crippen LogP contribution in [-0.4, -0.2) is 0 Å². The molecule has 0 aliphatic heterocycles. The first kappa shape index (κ1) is 17.4. The number of benzene rings is 2. The third-order valence-electron chi connectivity index (χ3n) is 2.67. The number of hydrogen-bond donors (Lipinski definition) is 1. The fourth-order valence-corrected chi connectivity index (χ4v) is 1.90. The molecule has 2 aromatic rings. The van der Waals surface area contributed by atoms with Gasteiger partial charge in [0.15, 0.2) is 46.5 Å². The summed E-state index contributed by atoms with van der Waals surface area (Å²) in [5.41, 5.74) is -3.65. The summed E-state index contributed by atoms with van der Waals surface area (Å²) in [6.45, 7) is 0. The molecule has 0 heterocycles. The molecule has 0 spiro atoms. The standard InChI is InChI=1S/C12HBrF9N/c13-1-2(14)7(19)11(8(20)3(1)15)23-12-9(21)5(17)4(16)6(18)10(12)22/h23H. The van der Waals surface area contributed by atoms with Crippen LogP contribution in [0.25, 0.3) is 0 Å². The van der Waals surface area contributed by atoms with Crippen LogP contribution >= 0.6 is 15.9 Å². The lowest BCUT2D eigenvalue weighted by Gasteiger charge is -2.13. The molecule has 23 heavy (non-hydrogen) atoms. The lowest BCUT2D eigenvalue weighted by atomic mass is 10.2. The molecule has 0 aliphatic carbocycles. The van der Waals surface area contributed by atoms with E-state index < -0.39 is 68.2 Å².